The van der Waals surface area contributed by atoms with Crippen molar-refractivity contribution in [2.75, 3.05) is 12.3 Å². The minimum absolute atomic E-state index is 0. The van der Waals surface area contributed by atoms with Crippen molar-refractivity contribution in [1.29, 1.82) is 0 Å². The molecule has 0 unspecified atom stereocenters. The Balaban J connectivity index is 0.00000121. The van der Waals surface area contributed by atoms with Gasteiger partial charge in [-0.3, -0.25) is 0 Å². The Labute approximate surface area is 100 Å². The number of hydrogen-bond donors (Lipinski definition) is 1. The fraction of sp³-hybridized carbons (Fsp3) is 0.429. The van der Waals surface area contributed by atoms with Crippen LogP contribution in [0.2, 0.25) is 0 Å². The molecule has 0 saturated carbocycles. The molecule has 0 spiro atoms. The summed E-state index contributed by atoms with van der Waals surface area (Å²) in [4.78, 5) is 1.41. The molecule has 0 aliphatic rings. The second kappa shape index (κ2) is 7.38. The molecule has 0 saturated heterocycles. The molecular weight excluding hydrogens is 322 g/mol. The number of nitrogens with two attached hydrogens (primary N) is 1. The molecule has 0 aromatic carbocycles. The molecule has 0 bridgehead atoms. The van der Waals surface area contributed by atoms with E-state index in [1.165, 1.54) is 8.66 Å². The van der Waals surface area contributed by atoms with Crippen molar-refractivity contribution >= 4 is 56.0 Å². The molecule has 0 aliphatic heterocycles. The summed E-state index contributed by atoms with van der Waals surface area (Å²) in [7, 11) is 0. The van der Waals surface area contributed by atoms with Crippen LogP contribution in [0.4, 0.5) is 0 Å². The molecule has 0 amide bonds. The Bertz CT molecular complexity index is 215. The van der Waals surface area contributed by atoms with E-state index in [4.69, 9.17) is 5.73 Å². The van der Waals surface area contributed by atoms with Crippen molar-refractivity contribution in [2.24, 2.45) is 5.73 Å². The van der Waals surface area contributed by atoms with Crippen molar-refractivity contribution in [1.82, 2.24) is 0 Å². The zero-order valence-electron chi connectivity index (χ0n) is 6.46. The SMILES string of the molecule is Br.NCCSCc1ccc(Br)s1. The van der Waals surface area contributed by atoms with Crippen LogP contribution in [0.1, 0.15) is 4.88 Å². The van der Waals surface area contributed by atoms with E-state index in [1.807, 2.05) is 11.8 Å². The average molecular weight is 333 g/mol. The smallest absolute Gasteiger partial charge is 0.0701 e. The monoisotopic (exact) mass is 331 g/mol. The van der Waals surface area contributed by atoms with E-state index < -0.39 is 0 Å². The fourth-order valence-corrected chi connectivity index (χ4v) is 3.06. The summed E-state index contributed by atoms with van der Waals surface area (Å²) in [5.74, 6) is 2.14. The second-order valence-corrected chi connectivity index (χ2v) is 5.70. The predicted octanol–water partition coefficient (Wildman–Crippen LogP) is 3.28. The molecule has 1 nitrogen and oxygen atoms in total. The lowest BCUT2D eigenvalue weighted by Crippen LogP contribution is -2.00. The van der Waals surface area contributed by atoms with Gasteiger partial charge in [-0.2, -0.15) is 11.8 Å². The van der Waals surface area contributed by atoms with Crippen molar-refractivity contribution in [2.45, 2.75) is 5.75 Å². The number of thioether (sulfide) groups is 1. The van der Waals surface area contributed by atoms with Crippen LogP contribution in [0.5, 0.6) is 0 Å². The van der Waals surface area contributed by atoms with Crippen LogP contribution < -0.4 is 5.73 Å². The predicted molar refractivity (Wildman–Crippen MR) is 67.6 cm³/mol. The summed E-state index contributed by atoms with van der Waals surface area (Å²) >= 11 is 7.10. The first-order chi connectivity index (χ1) is 5.33. The highest BCUT2D eigenvalue weighted by Crippen LogP contribution is 2.25. The van der Waals surface area contributed by atoms with Gasteiger partial charge < -0.3 is 5.73 Å². The first kappa shape index (κ1) is 13.0. The molecule has 2 N–H and O–H groups in total. The van der Waals surface area contributed by atoms with Crippen molar-refractivity contribution in [3.63, 3.8) is 0 Å². The first-order valence-corrected chi connectivity index (χ1v) is 6.11. The van der Waals surface area contributed by atoms with E-state index in [2.05, 4.69) is 28.1 Å². The summed E-state index contributed by atoms with van der Waals surface area (Å²) in [6.07, 6.45) is 0. The van der Waals surface area contributed by atoms with E-state index >= 15 is 0 Å². The molecule has 0 aliphatic carbocycles. The van der Waals surface area contributed by atoms with Gasteiger partial charge in [0.05, 0.1) is 3.79 Å². The number of halogens is 2. The Kier molecular flexibility index (Phi) is 7.98. The van der Waals surface area contributed by atoms with E-state index in [0.29, 0.717) is 0 Å². The van der Waals surface area contributed by atoms with Crippen LogP contribution in [0.25, 0.3) is 0 Å². The molecule has 1 aromatic rings. The van der Waals surface area contributed by atoms with Crippen LogP contribution >= 0.6 is 56.0 Å². The van der Waals surface area contributed by atoms with Gasteiger partial charge in [0, 0.05) is 22.9 Å². The minimum atomic E-state index is 0. The third-order valence-corrected chi connectivity index (χ3v) is 3.98. The second-order valence-electron chi connectivity index (χ2n) is 2.05. The lowest BCUT2D eigenvalue weighted by atomic mass is 10.5. The quantitative estimate of drug-likeness (QED) is 0.856. The largest absolute Gasteiger partial charge is 0.330 e. The summed E-state index contributed by atoms with van der Waals surface area (Å²) in [5.41, 5.74) is 5.37. The molecule has 5 heteroatoms. The van der Waals surface area contributed by atoms with Gasteiger partial charge in [0.15, 0.2) is 0 Å². The van der Waals surface area contributed by atoms with Gasteiger partial charge in [0.25, 0.3) is 0 Å². The maximum absolute atomic E-state index is 5.37. The lowest BCUT2D eigenvalue weighted by molar-refractivity contribution is 1.15. The number of rotatable bonds is 4. The van der Waals surface area contributed by atoms with Gasteiger partial charge in [0.2, 0.25) is 0 Å². The molecule has 0 atom stereocenters. The van der Waals surface area contributed by atoms with Gasteiger partial charge in [-0.15, -0.1) is 28.3 Å². The minimum Gasteiger partial charge on any atom is -0.330 e. The maximum atomic E-state index is 5.37. The van der Waals surface area contributed by atoms with E-state index in [9.17, 15) is 0 Å². The van der Waals surface area contributed by atoms with Gasteiger partial charge in [-0.05, 0) is 28.1 Å². The van der Waals surface area contributed by atoms with Crippen molar-refractivity contribution < 1.29 is 0 Å². The highest BCUT2D eigenvalue weighted by atomic mass is 79.9. The standard InChI is InChI=1S/C7H10BrNS2.BrH/c8-7-2-1-6(11-7)5-10-4-3-9;/h1-2H,3-5,9H2;1H. The van der Waals surface area contributed by atoms with Crippen LogP contribution in [0, 0.1) is 0 Å². The average Bonchev–Trinajstić information content (AvgIpc) is 2.37. The Hall–Kier alpha value is 0.970. The molecule has 0 fully saturated rings. The summed E-state index contributed by atoms with van der Waals surface area (Å²) in [5, 5.41) is 0. The van der Waals surface area contributed by atoms with Crippen LogP contribution in [0.15, 0.2) is 15.9 Å². The van der Waals surface area contributed by atoms with Crippen LogP contribution in [0.3, 0.4) is 0 Å². The maximum Gasteiger partial charge on any atom is 0.0701 e. The van der Waals surface area contributed by atoms with Crippen molar-refractivity contribution in [3.05, 3.63) is 20.8 Å². The summed E-state index contributed by atoms with van der Waals surface area (Å²) < 4.78 is 1.21. The first-order valence-electron chi connectivity index (χ1n) is 3.35. The van der Waals surface area contributed by atoms with Crippen LogP contribution in [-0.2, 0) is 5.75 Å². The molecule has 70 valence electrons. The topological polar surface area (TPSA) is 26.0 Å². The van der Waals surface area contributed by atoms with E-state index in [0.717, 1.165) is 18.1 Å². The molecular formula is C7H11Br2NS2. The third kappa shape index (κ3) is 4.87. The van der Waals surface area contributed by atoms with Crippen LogP contribution in [-0.4, -0.2) is 12.3 Å². The summed E-state index contributed by atoms with van der Waals surface area (Å²) in [6, 6.07) is 4.24. The lowest BCUT2D eigenvalue weighted by Gasteiger charge is -1.94. The molecule has 12 heavy (non-hydrogen) atoms. The number of thiophene rings is 1. The fourth-order valence-electron chi connectivity index (χ4n) is 0.685. The normalized spacial score (nSPS) is 9.50. The zero-order valence-corrected chi connectivity index (χ0v) is 11.4. The third-order valence-electron chi connectivity index (χ3n) is 1.14. The van der Waals surface area contributed by atoms with Gasteiger partial charge in [-0.25, -0.2) is 0 Å². The van der Waals surface area contributed by atoms with Gasteiger partial charge in [0.1, 0.15) is 0 Å². The molecule has 1 heterocycles. The van der Waals surface area contributed by atoms with Gasteiger partial charge >= 0.3 is 0 Å². The molecule has 1 rings (SSSR count). The van der Waals surface area contributed by atoms with Gasteiger partial charge in [-0.1, -0.05) is 0 Å². The van der Waals surface area contributed by atoms with Crippen molar-refractivity contribution in [3.8, 4) is 0 Å². The van der Waals surface area contributed by atoms with E-state index in [-0.39, 0.29) is 17.0 Å². The zero-order chi connectivity index (χ0) is 8.10. The Morgan fingerprint density at radius 1 is 1.50 bits per heavy atom. The molecule has 0 radical (unpaired) electrons. The van der Waals surface area contributed by atoms with E-state index in [1.54, 1.807) is 11.3 Å². The Morgan fingerprint density at radius 3 is 2.75 bits per heavy atom. The molecule has 1 aromatic heterocycles. The highest BCUT2D eigenvalue weighted by molar-refractivity contribution is 9.11. The highest BCUT2D eigenvalue weighted by Gasteiger charge is 1.96. The number of hydrogen-bond acceptors (Lipinski definition) is 3. The Morgan fingerprint density at radius 2 is 2.25 bits per heavy atom. The summed E-state index contributed by atoms with van der Waals surface area (Å²) in [6.45, 7) is 0.775.